The maximum Gasteiger partial charge on any atom is 0.0469 e. The monoisotopic (exact) mass is 261 g/mol. The Bertz CT molecular complexity index is 321. The van der Waals surface area contributed by atoms with Crippen molar-refractivity contribution in [2.24, 2.45) is 0 Å². The van der Waals surface area contributed by atoms with Crippen LogP contribution in [0.4, 0.5) is 0 Å². The first kappa shape index (κ1) is 14.5. The van der Waals surface area contributed by atoms with Crippen LogP contribution in [0, 0.1) is 0 Å². The topological polar surface area (TPSA) is 21.3 Å². The average Bonchev–Trinajstić information content (AvgIpc) is 3.26. The zero-order chi connectivity index (χ0) is 13.2. The van der Waals surface area contributed by atoms with Crippen LogP contribution in [0.5, 0.6) is 0 Å². The molecule has 2 nitrogen and oxygen atoms in total. The van der Waals surface area contributed by atoms with Gasteiger partial charge in [0.15, 0.2) is 0 Å². The smallest absolute Gasteiger partial charge is 0.0469 e. The lowest BCUT2D eigenvalue weighted by molar-refractivity contribution is 0.128. The fourth-order valence-corrected chi connectivity index (χ4v) is 2.22. The van der Waals surface area contributed by atoms with Crippen LogP contribution in [0.1, 0.15) is 44.1 Å². The van der Waals surface area contributed by atoms with Crippen LogP contribution >= 0.6 is 0 Å². The Labute approximate surface area is 117 Å². The summed E-state index contributed by atoms with van der Waals surface area (Å²) in [6.45, 7) is 3.02. The van der Waals surface area contributed by atoms with Crippen LogP contribution in [0.25, 0.3) is 0 Å². The largest absolute Gasteiger partial charge is 0.381 e. The average molecular weight is 261 g/mol. The van der Waals surface area contributed by atoms with Crippen LogP contribution in [-0.4, -0.2) is 25.8 Å². The van der Waals surface area contributed by atoms with E-state index in [1.54, 1.807) is 0 Å². The first-order chi connectivity index (χ1) is 9.45. The van der Waals surface area contributed by atoms with Crippen LogP contribution in [0.15, 0.2) is 30.3 Å². The van der Waals surface area contributed by atoms with Gasteiger partial charge in [-0.25, -0.2) is 0 Å². The molecule has 1 aliphatic carbocycles. The molecule has 2 rings (SSSR count). The standard InChI is InChI=1S/C17H27NO/c1-3-8-16(9-4-1)10-7-15-19-14-6-2-5-13-18-17-11-12-17/h1,3-4,8-9,17-18H,2,5-7,10-15H2. The minimum absolute atomic E-state index is 0.856. The van der Waals surface area contributed by atoms with E-state index in [1.165, 1.54) is 44.2 Å². The fraction of sp³-hybridized carbons (Fsp3) is 0.647. The highest BCUT2D eigenvalue weighted by Gasteiger charge is 2.19. The van der Waals surface area contributed by atoms with Gasteiger partial charge in [0, 0.05) is 19.3 Å². The van der Waals surface area contributed by atoms with E-state index >= 15 is 0 Å². The highest BCUT2D eigenvalue weighted by atomic mass is 16.5. The summed E-state index contributed by atoms with van der Waals surface area (Å²) in [6, 6.07) is 11.5. The van der Waals surface area contributed by atoms with Gasteiger partial charge in [-0.2, -0.15) is 0 Å². The van der Waals surface area contributed by atoms with Crippen molar-refractivity contribution >= 4 is 0 Å². The summed E-state index contributed by atoms with van der Waals surface area (Å²) in [7, 11) is 0. The molecular weight excluding hydrogens is 234 g/mol. The molecule has 0 atom stereocenters. The summed E-state index contributed by atoms with van der Waals surface area (Å²) >= 11 is 0. The molecule has 0 radical (unpaired) electrons. The third kappa shape index (κ3) is 7.34. The van der Waals surface area contributed by atoms with Crippen LogP contribution < -0.4 is 5.32 Å². The zero-order valence-corrected chi connectivity index (χ0v) is 11.9. The highest BCUT2D eigenvalue weighted by molar-refractivity contribution is 5.14. The predicted octanol–water partition coefficient (Wildman–Crippen LogP) is 3.56. The molecule has 1 N–H and O–H groups in total. The Morgan fingerprint density at radius 2 is 1.74 bits per heavy atom. The molecule has 0 saturated heterocycles. The number of nitrogens with one attached hydrogen (secondary N) is 1. The number of aryl methyl sites for hydroxylation is 1. The van der Waals surface area contributed by atoms with E-state index < -0.39 is 0 Å². The summed E-state index contributed by atoms with van der Waals surface area (Å²) in [4.78, 5) is 0. The van der Waals surface area contributed by atoms with Gasteiger partial charge in [0.2, 0.25) is 0 Å². The molecule has 0 aromatic heterocycles. The summed E-state index contributed by atoms with van der Waals surface area (Å²) in [5.41, 5.74) is 1.41. The minimum Gasteiger partial charge on any atom is -0.381 e. The molecular formula is C17H27NO. The van der Waals surface area contributed by atoms with Gasteiger partial charge in [-0.05, 0) is 57.1 Å². The summed E-state index contributed by atoms with van der Waals surface area (Å²) < 4.78 is 5.67. The van der Waals surface area contributed by atoms with E-state index in [4.69, 9.17) is 4.74 Å². The van der Waals surface area contributed by atoms with Crippen molar-refractivity contribution in [2.45, 2.75) is 51.0 Å². The number of hydrogen-bond donors (Lipinski definition) is 1. The number of hydrogen-bond acceptors (Lipinski definition) is 2. The van der Waals surface area contributed by atoms with Crippen molar-refractivity contribution < 1.29 is 4.74 Å². The van der Waals surface area contributed by atoms with Crippen molar-refractivity contribution in [3.63, 3.8) is 0 Å². The van der Waals surface area contributed by atoms with Gasteiger partial charge in [-0.3, -0.25) is 0 Å². The van der Waals surface area contributed by atoms with Gasteiger partial charge in [0.1, 0.15) is 0 Å². The van der Waals surface area contributed by atoms with Crippen molar-refractivity contribution in [2.75, 3.05) is 19.8 Å². The van der Waals surface area contributed by atoms with Crippen molar-refractivity contribution in [1.82, 2.24) is 5.32 Å². The van der Waals surface area contributed by atoms with E-state index in [0.717, 1.165) is 32.1 Å². The van der Waals surface area contributed by atoms with E-state index in [2.05, 4.69) is 35.6 Å². The van der Waals surface area contributed by atoms with Gasteiger partial charge in [-0.1, -0.05) is 30.3 Å². The first-order valence-electron chi connectivity index (χ1n) is 7.80. The normalized spacial score (nSPS) is 14.7. The number of unbranched alkanes of at least 4 members (excludes halogenated alkanes) is 2. The molecule has 0 amide bonds. The second-order valence-corrected chi connectivity index (χ2v) is 5.49. The summed E-state index contributed by atoms with van der Waals surface area (Å²) in [5, 5.41) is 3.55. The quantitative estimate of drug-likeness (QED) is 0.615. The molecule has 1 aromatic rings. The molecule has 106 valence electrons. The molecule has 19 heavy (non-hydrogen) atoms. The highest BCUT2D eigenvalue weighted by Crippen LogP contribution is 2.18. The molecule has 0 unspecified atom stereocenters. The zero-order valence-electron chi connectivity index (χ0n) is 11.9. The Balaban J connectivity index is 1.32. The Hall–Kier alpha value is -0.860. The third-order valence-electron chi connectivity index (χ3n) is 3.57. The van der Waals surface area contributed by atoms with Gasteiger partial charge < -0.3 is 10.1 Å². The molecule has 0 spiro atoms. The SMILES string of the molecule is c1ccc(CCCOCCCCCNC2CC2)cc1. The molecule has 0 aliphatic heterocycles. The molecule has 2 heteroatoms. The molecule has 0 bridgehead atoms. The molecule has 1 aliphatic rings. The van der Waals surface area contributed by atoms with Gasteiger partial charge in [-0.15, -0.1) is 0 Å². The van der Waals surface area contributed by atoms with Gasteiger partial charge in [0.25, 0.3) is 0 Å². The lowest BCUT2D eigenvalue weighted by atomic mass is 10.1. The van der Waals surface area contributed by atoms with E-state index in [0.29, 0.717) is 0 Å². The van der Waals surface area contributed by atoms with Crippen LogP contribution in [0.3, 0.4) is 0 Å². The second-order valence-electron chi connectivity index (χ2n) is 5.49. The Morgan fingerprint density at radius 1 is 0.947 bits per heavy atom. The van der Waals surface area contributed by atoms with Gasteiger partial charge in [0.05, 0.1) is 0 Å². The van der Waals surface area contributed by atoms with Crippen LogP contribution in [0.2, 0.25) is 0 Å². The van der Waals surface area contributed by atoms with E-state index in [1.807, 2.05) is 0 Å². The Kier molecular flexibility index (Phi) is 6.97. The summed E-state index contributed by atoms with van der Waals surface area (Å²) in [6.07, 6.45) is 8.84. The van der Waals surface area contributed by atoms with Crippen LogP contribution in [-0.2, 0) is 11.2 Å². The lowest BCUT2D eigenvalue weighted by Gasteiger charge is -2.05. The van der Waals surface area contributed by atoms with E-state index in [-0.39, 0.29) is 0 Å². The van der Waals surface area contributed by atoms with Gasteiger partial charge >= 0.3 is 0 Å². The maximum absolute atomic E-state index is 5.67. The van der Waals surface area contributed by atoms with E-state index in [9.17, 15) is 0 Å². The molecule has 1 saturated carbocycles. The minimum atomic E-state index is 0.856. The molecule has 1 fully saturated rings. The number of ether oxygens (including phenoxy) is 1. The fourth-order valence-electron chi connectivity index (χ4n) is 2.22. The molecule has 1 aromatic carbocycles. The predicted molar refractivity (Wildman–Crippen MR) is 80.5 cm³/mol. The lowest BCUT2D eigenvalue weighted by Crippen LogP contribution is -2.17. The summed E-state index contributed by atoms with van der Waals surface area (Å²) in [5.74, 6) is 0. The van der Waals surface area contributed by atoms with Crippen molar-refractivity contribution in [1.29, 1.82) is 0 Å². The van der Waals surface area contributed by atoms with Crippen molar-refractivity contribution in [3.8, 4) is 0 Å². The first-order valence-corrected chi connectivity index (χ1v) is 7.80. The number of rotatable bonds is 11. The Morgan fingerprint density at radius 3 is 2.53 bits per heavy atom. The number of benzene rings is 1. The van der Waals surface area contributed by atoms with Crippen molar-refractivity contribution in [3.05, 3.63) is 35.9 Å². The maximum atomic E-state index is 5.67. The third-order valence-corrected chi connectivity index (χ3v) is 3.57. The molecule has 0 heterocycles. The second kappa shape index (κ2) is 9.11.